The molecule has 7 rings (SSSR count). The van der Waals surface area contributed by atoms with Crippen LogP contribution in [0.3, 0.4) is 0 Å². The van der Waals surface area contributed by atoms with E-state index in [1.807, 2.05) is 18.3 Å². The van der Waals surface area contributed by atoms with E-state index >= 15 is 0 Å². The molecule has 0 radical (unpaired) electrons. The number of ether oxygens (including phenoxy) is 1. The standard InChI is InChI=1S/C28H32N6O4/c35-24-4-3-22(25(36)31-24)34-15-18-13-21-23(14-20(18)26(34)37)38-17-28(21)6-11-32(12-7-28)16-19-5-8-29-27(30-19)33-9-1-2-10-33/h5,8,13-14,22H,1-4,6-7,9-12,15-17H2,(H,31,35,36). The van der Waals surface area contributed by atoms with E-state index in [9.17, 15) is 14.4 Å². The molecule has 3 saturated heterocycles. The first kappa shape index (κ1) is 23.6. The number of benzene rings is 1. The number of nitrogens with zero attached hydrogens (tertiary/aromatic N) is 5. The van der Waals surface area contributed by atoms with E-state index in [1.165, 1.54) is 18.4 Å². The molecule has 5 aliphatic rings. The van der Waals surface area contributed by atoms with Crippen LogP contribution in [0.15, 0.2) is 24.4 Å². The largest absolute Gasteiger partial charge is 0.492 e. The minimum Gasteiger partial charge on any atom is -0.492 e. The van der Waals surface area contributed by atoms with Crippen LogP contribution in [0.25, 0.3) is 0 Å². The molecule has 3 fully saturated rings. The van der Waals surface area contributed by atoms with Gasteiger partial charge in [-0.1, -0.05) is 0 Å². The Bertz CT molecular complexity index is 1310. The summed E-state index contributed by atoms with van der Waals surface area (Å²) in [5.41, 5.74) is 3.75. The smallest absolute Gasteiger partial charge is 0.255 e. The monoisotopic (exact) mass is 516 g/mol. The number of likely N-dealkylation sites (tertiary alicyclic amines) is 1. The van der Waals surface area contributed by atoms with Crippen molar-refractivity contribution in [1.29, 1.82) is 0 Å². The highest BCUT2D eigenvalue weighted by Crippen LogP contribution is 2.48. The van der Waals surface area contributed by atoms with E-state index in [-0.39, 0.29) is 29.6 Å². The molecular weight excluding hydrogens is 484 g/mol. The van der Waals surface area contributed by atoms with Gasteiger partial charge in [-0.05, 0) is 69.0 Å². The predicted molar refractivity (Wildman–Crippen MR) is 138 cm³/mol. The number of fused-ring (bicyclic) bond motifs is 3. The Balaban J connectivity index is 1.04. The maximum atomic E-state index is 13.2. The minimum absolute atomic E-state index is 0.0572. The van der Waals surface area contributed by atoms with Gasteiger partial charge < -0.3 is 14.5 Å². The van der Waals surface area contributed by atoms with Crippen molar-refractivity contribution in [3.05, 3.63) is 46.8 Å². The Morgan fingerprint density at radius 2 is 1.89 bits per heavy atom. The fourth-order valence-corrected chi connectivity index (χ4v) is 6.75. The van der Waals surface area contributed by atoms with Gasteiger partial charge in [0.2, 0.25) is 17.8 Å². The molecule has 1 aromatic heterocycles. The zero-order valence-electron chi connectivity index (χ0n) is 21.4. The molecular formula is C28H32N6O4. The number of nitrogens with one attached hydrogen (secondary N) is 1. The van der Waals surface area contributed by atoms with E-state index in [1.54, 1.807) is 4.90 Å². The molecule has 198 valence electrons. The molecule has 10 heteroatoms. The quantitative estimate of drug-likeness (QED) is 0.613. The number of amides is 3. The van der Waals surface area contributed by atoms with Crippen molar-refractivity contribution in [2.75, 3.05) is 37.7 Å². The highest BCUT2D eigenvalue weighted by Gasteiger charge is 2.46. The van der Waals surface area contributed by atoms with Crippen LogP contribution in [-0.2, 0) is 28.1 Å². The maximum Gasteiger partial charge on any atom is 0.255 e. The van der Waals surface area contributed by atoms with E-state index in [2.05, 4.69) is 26.2 Å². The molecule has 1 atom stereocenters. The topological polar surface area (TPSA) is 108 Å². The second-order valence-corrected chi connectivity index (χ2v) is 11.3. The summed E-state index contributed by atoms with van der Waals surface area (Å²) in [4.78, 5) is 52.9. The van der Waals surface area contributed by atoms with Crippen molar-refractivity contribution in [3.63, 3.8) is 0 Å². The van der Waals surface area contributed by atoms with Gasteiger partial charge in [0.05, 0.1) is 12.3 Å². The van der Waals surface area contributed by atoms with E-state index in [4.69, 9.17) is 9.72 Å². The summed E-state index contributed by atoms with van der Waals surface area (Å²) in [6, 6.07) is 5.44. The molecule has 0 saturated carbocycles. The Labute approximate surface area is 221 Å². The van der Waals surface area contributed by atoms with Crippen LogP contribution in [0.2, 0.25) is 0 Å². The number of aromatic nitrogens is 2. The summed E-state index contributed by atoms with van der Waals surface area (Å²) in [7, 11) is 0. The zero-order valence-corrected chi connectivity index (χ0v) is 21.4. The Morgan fingerprint density at radius 1 is 1.08 bits per heavy atom. The first-order valence-electron chi connectivity index (χ1n) is 13.7. The lowest BCUT2D eigenvalue weighted by molar-refractivity contribution is -0.136. The minimum atomic E-state index is -0.603. The fraction of sp³-hybridized carbons (Fsp3) is 0.536. The summed E-state index contributed by atoms with van der Waals surface area (Å²) in [5.74, 6) is 0.826. The lowest BCUT2D eigenvalue weighted by atomic mass is 9.74. The number of anilines is 1. The van der Waals surface area contributed by atoms with Crippen LogP contribution in [0.4, 0.5) is 5.95 Å². The van der Waals surface area contributed by atoms with Gasteiger partial charge in [0.15, 0.2) is 0 Å². The van der Waals surface area contributed by atoms with Crippen molar-refractivity contribution in [2.45, 2.75) is 63.1 Å². The van der Waals surface area contributed by atoms with Gasteiger partial charge in [-0.2, -0.15) is 0 Å². The van der Waals surface area contributed by atoms with Gasteiger partial charge >= 0.3 is 0 Å². The number of rotatable bonds is 4. The summed E-state index contributed by atoms with van der Waals surface area (Å²) in [6.45, 7) is 5.81. The van der Waals surface area contributed by atoms with Crippen molar-refractivity contribution in [3.8, 4) is 5.75 Å². The fourth-order valence-electron chi connectivity index (χ4n) is 6.75. The van der Waals surface area contributed by atoms with Crippen LogP contribution in [-0.4, -0.2) is 76.3 Å². The number of piperidine rings is 2. The summed E-state index contributed by atoms with van der Waals surface area (Å²) >= 11 is 0. The maximum absolute atomic E-state index is 13.2. The lowest BCUT2D eigenvalue weighted by Gasteiger charge is -2.38. The molecule has 1 spiro atoms. The zero-order chi connectivity index (χ0) is 25.9. The second-order valence-electron chi connectivity index (χ2n) is 11.3. The molecule has 1 N–H and O–H groups in total. The summed E-state index contributed by atoms with van der Waals surface area (Å²) in [5, 5.41) is 2.37. The van der Waals surface area contributed by atoms with Crippen LogP contribution in [0.5, 0.6) is 5.75 Å². The average Bonchev–Trinajstić information content (AvgIpc) is 3.65. The number of imide groups is 1. The molecule has 38 heavy (non-hydrogen) atoms. The number of hydrogen-bond donors (Lipinski definition) is 1. The van der Waals surface area contributed by atoms with E-state index in [0.717, 1.165) is 68.5 Å². The van der Waals surface area contributed by atoms with Crippen LogP contribution in [0.1, 0.15) is 65.7 Å². The van der Waals surface area contributed by atoms with Crippen molar-refractivity contribution >= 4 is 23.7 Å². The third kappa shape index (κ3) is 3.93. The highest BCUT2D eigenvalue weighted by molar-refractivity contribution is 6.05. The summed E-state index contributed by atoms with van der Waals surface area (Å²) in [6.07, 6.45) is 6.87. The van der Waals surface area contributed by atoms with Gasteiger partial charge in [-0.25, -0.2) is 9.97 Å². The number of hydrogen-bond acceptors (Lipinski definition) is 8. The third-order valence-electron chi connectivity index (χ3n) is 8.99. The molecule has 2 aromatic rings. The molecule has 3 amide bonds. The molecule has 0 aliphatic carbocycles. The molecule has 6 heterocycles. The third-order valence-corrected chi connectivity index (χ3v) is 8.99. The molecule has 1 aromatic carbocycles. The van der Waals surface area contributed by atoms with Gasteiger partial charge in [0.25, 0.3) is 5.91 Å². The molecule has 1 unspecified atom stereocenters. The van der Waals surface area contributed by atoms with Crippen LogP contribution < -0.4 is 15.0 Å². The van der Waals surface area contributed by atoms with E-state index < -0.39 is 6.04 Å². The molecule has 10 nitrogen and oxygen atoms in total. The van der Waals surface area contributed by atoms with Gasteiger partial charge in [-0.15, -0.1) is 0 Å². The Hall–Kier alpha value is -3.53. The first-order chi connectivity index (χ1) is 18.5. The average molecular weight is 517 g/mol. The van der Waals surface area contributed by atoms with Gasteiger partial charge in [0.1, 0.15) is 11.8 Å². The molecule has 0 bridgehead atoms. The Morgan fingerprint density at radius 3 is 2.68 bits per heavy atom. The number of carbonyl (C=O) groups is 3. The van der Waals surface area contributed by atoms with E-state index in [0.29, 0.717) is 25.1 Å². The number of carbonyl (C=O) groups excluding carboxylic acids is 3. The predicted octanol–water partition coefficient (Wildman–Crippen LogP) is 1.76. The van der Waals surface area contributed by atoms with Crippen LogP contribution in [0, 0.1) is 0 Å². The van der Waals surface area contributed by atoms with Crippen molar-refractivity contribution in [2.24, 2.45) is 0 Å². The summed E-state index contributed by atoms with van der Waals surface area (Å²) < 4.78 is 6.17. The van der Waals surface area contributed by atoms with Crippen LogP contribution >= 0.6 is 0 Å². The van der Waals surface area contributed by atoms with Crippen molar-refractivity contribution < 1.29 is 19.1 Å². The molecule has 5 aliphatic heterocycles. The Kier molecular flexibility index (Phi) is 5.61. The normalized spacial score (nSPS) is 24.5. The second kappa shape index (κ2) is 9.04. The highest BCUT2D eigenvalue weighted by atomic mass is 16.5. The SMILES string of the molecule is O=C1CCC(N2Cc3cc4c(cc3C2=O)OCC42CCN(Cc3ccnc(N4CCCC4)n3)CC2)C(=O)N1. The first-order valence-corrected chi connectivity index (χ1v) is 13.7. The van der Waals surface area contributed by atoms with Gasteiger partial charge in [-0.3, -0.25) is 24.6 Å². The van der Waals surface area contributed by atoms with Gasteiger partial charge in [0, 0.05) is 55.3 Å². The van der Waals surface area contributed by atoms with Crippen molar-refractivity contribution in [1.82, 2.24) is 25.1 Å². The lowest BCUT2D eigenvalue weighted by Crippen LogP contribution is -2.52.